The first kappa shape index (κ1) is 17.1. The van der Waals surface area contributed by atoms with Crippen LogP contribution >= 0.6 is 0 Å². The Balaban J connectivity index is 3.55. The molecular formula is C12H29NO3Si. The van der Waals surface area contributed by atoms with E-state index in [0.717, 1.165) is 45.6 Å². The Labute approximate surface area is 108 Å². The zero-order valence-corrected chi connectivity index (χ0v) is 12.7. The van der Waals surface area contributed by atoms with Crippen LogP contribution in [0.3, 0.4) is 0 Å². The molecule has 0 radical (unpaired) electrons. The van der Waals surface area contributed by atoms with Gasteiger partial charge in [0.05, 0.1) is 0 Å². The van der Waals surface area contributed by atoms with Crippen molar-refractivity contribution in [3.05, 3.63) is 0 Å². The van der Waals surface area contributed by atoms with Crippen molar-refractivity contribution in [2.24, 2.45) is 0 Å². The Kier molecular flexibility index (Phi) is 12.6. The molecule has 5 heteroatoms. The molecule has 17 heavy (non-hydrogen) atoms. The molecule has 0 aromatic heterocycles. The van der Waals surface area contributed by atoms with Gasteiger partial charge in [-0.05, 0) is 51.7 Å². The second-order valence-electron chi connectivity index (χ2n) is 4.23. The zero-order valence-electron chi connectivity index (χ0n) is 11.6. The first-order chi connectivity index (χ1) is 8.26. The Morgan fingerprint density at radius 3 is 2.29 bits per heavy atom. The minimum atomic E-state index is -1.47. The maximum atomic E-state index is 8.65. The molecule has 0 bridgehead atoms. The summed E-state index contributed by atoms with van der Waals surface area (Å²) in [5.74, 6) is 0. The zero-order chi connectivity index (χ0) is 12.9. The van der Waals surface area contributed by atoms with E-state index in [-0.39, 0.29) is 0 Å². The van der Waals surface area contributed by atoms with Gasteiger partial charge >= 0.3 is 9.28 Å². The van der Waals surface area contributed by atoms with Gasteiger partial charge in [-0.3, -0.25) is 0 Å². The topological polar surface area (TPSA) is 50.7 Å². The van der Waals surface area contributed by atoms with E-state index in [0.29, 0.717) is 12.1 Å². The normalized spacial score (nSPS) is 13.2. The third kappa shape index (κ3) is 9.73. The molecule has 0 amide bonds. The molecule has 0 heterocycles. The fourth-order valence-corrected chi connectivity index (χ4v) is 3.51. The van der Waals surface area contributed by atoms with Crippen LogP contribution < -0.4 is 5.32 Å². The van der Waals surface area contributed by atoms with Gasteiger partial charge in [-0.25, -0.2) is 0 Å². The maximum absolute atomic E-state index is 8.65. The molecular weight excluding hydrogens is 234 g/mol. The minimum absolute atomic E-state index is 0.293. The molecule has 0 saturated heterocycles. The third-order valence-corrected chi connectivity index (χ3v) is 5.25. The van der Waals surface area contributed by atoms with Crippen molar-refractivity contribution in [1.82, 2.24) is 5.32 Å². The van der Waals surface area contributed by atoms with E-state index in [9.17, 15) is 0 Å². The molecule has 2 N–H and O–H groups in total. The lowest BCUT2D eigenvalue weighted by Crippen LogP contribution is -2.30. The van der Waals surface area contributed by atoms with Crippen LogP contribution in [0.1, 0.15) is 40.0 Å². The quantitative estimate of drug-likeness (QED) is 0.413. The molecule has 4 nitrogen and oxygen atoms in total. The number of nitrogens with one attached hydrogen (secondary N) is 1. The van der Waals surface area contributed by atoms with Gasteiger partial charge in [-0.1, -0.05) is 6.92 Å². The molecule has 0 spiro atoms. The highest BCUT2D eigenvalue weighted by atomic mass is 28.3. The van der Waals surface area contributed by atoms with Crippen molar-refractivity contribution in [3.8, 4) is 0 Å². The SMILES string of the molecule is CCO[SiH](OCC)C(C)CCNCCCCO. The van der Waals surface area contributed by atoms with Crippen LogP contribution in [0, 0.1) is 0 Å². The molecule has 1 unspecified atom stereocenters. The molecule has 1 atom stereocenters. The first-order valence-corrected chi connectivity index (χ1v) is 8.41. The number of aliphatic hydroxyl groups is 1. The highest BCUT2D eigenvalue weighted by molar-refractivity contribution is 6.46. The van der Waals surface area contributed by atoms with Gasteiger partial charge in [0.15, 0.2) is 0 Å². The van der Waals surface area contributed by atoms with Gasteiger partial charge in [-0.2, -0.15) is 0 Å². The van der Waals surface area contributed by atoms with Gasteiger partial charge < -0.3 is 19.3 Å². The van der Waals surface area contributed by atoms with E-state index in [1.54, 1.807) is 0 Å². The summed E-state index contributed by atoms with van der Waals surface area (Å²) in [7, 11) is -1.47. The number of rotatable bonds is 12. The van der Waals surface area contributed by atoms with Crippen molar-refractivity contribution in [2.45, 2.75) is 45.6 Å². The molecule has 0 rings (SSSR count). The number of unbranched alkanes of at least 4 members (excludes halogenated alkanes) is 1. The van der Waals surface area contributed by atoms with E-state index in [1.807, 2.05) is 13.8 Å². The molecule has 0 fully saturated rings. The highest BCUT2D eigenvalue weighted by Gasteiger charge is 2.20. The van der Waals surface area contributed by atoms with Gasteiger partial charge in [0.2, 0.25) is 0 Å². The van der Waals surface area contributed by atoms with Crippen molar-refractivity contribution in [1.29, 1.82) is 0 Å². The lowest BCUT2D eigenvalue weighted by molar-refractivity contribution is 0.203. The van der Waals surface area contributed by atoms with E-state index in [1.165, 1.54) is 0 Å². The summed E-state index contributed by atoms with van der Waals surface area (Å²) >= 11 is 0. The van der Waals surface area contributed by atoms with Gasteiger partial charge in [0, 0.05) is 19.8 Å². The number of aliphatic hydroxyl groups excluding tert-OH is 1. The highest BCUT2D eigenvalue weighted by Crippen LogP contribution is 2.15. The van der Waals surface area contributed by atoms with Crippen LogP contribution in [0.25, 0.3) is 0 Å². The Morgan fingerprint density at radius 1 is 1.12 bits per heavy atom. The first-order valence-electron chi connectivity index (χ1n) is 6.81. The summed E-state index contributed by atoms with van der Waals surface area (Å²) in [6.45, 7) is 10.1. The predicted molar refractivity (Wildman–Crippen MR) is 73.6 cm³/mol. The van der Waals surface area contributed by atoms with Crippen LogP contribution in [0.4, 0.5) is 0 Å². The van der Waals surface area contributed by atoms with Crippen LogP contribution in [0.2, 0.25) is 5.54 Å². The summed E-state index contributed by atoms with van der Waals surface area (Å²) < 4.78 is 11.4. The summed E-state index contributed by atoms with van der Waals surface area (Å²) in [6.07, 6.45) is 3.04. The average Bonchev–Trinajstić information content (AvgIpc) is 2.33. The van der Waals surface area contributed by atoms with E-state index < -0.39 is 9.28 Å². The Hall–Kier alpha value is 0.0569. The van der Waals surface area contributed by atoms with Gasteiger partial charge in [0.25, 0.3) is 0 Å². The molecule has 0 saturated carbocycles. The molecule has 104 valence electrons. The minimum Gasteiger partial charge on any atom is -0.397 e. The largest absolute Gasteiger partial charge is 0.397 e. The predicted octanol–water partition coefficient (Wildman–Crippen LogP) is 1.42. The summed E-state index contributed by atoms with van der Waals surface area (Å²) in [5, 5.41) is 12.0. The van der Waals surface area contributed by atoms with Crippen molar-refractivity contribution in [3.63, 3.8) is 0 Å². The molecule has 0 aliphatic heterocycles. The summed E-state index contributed by atoms with van der Waals surface area (Å²) in [6, 6.07) is 0. The number of hydrogen-bond donors (Lipinski definition) is 2. The van der Waals surface area contributed by atoms with E-state index in [4.69, 9.17) is 14.0 Å². The molecule has 0 aromatic carbocycles. The Morgan fingerprint density at radius 2 is 1.76 bits per heavy atom. The number of hydrogen-bond acceptors (Lipinski definition) is 4. The fourth-order valence-electron chi connectivity index (χ4n) is 1.66. The van der Waals surface area contributed by atoms with Crippen molar-refractivity contribution < 1.29 is 14.0 Å². The van der Waals surface area contributed by atoms with Crippen LogP contribution in [-0.2, 0) is 8.85 Å². The van der Waals surface area contributed by atoms with Crippen LogP contribution in [-0.4, -0.2) is 47.3 Å². The second kappa shape index (κ2) is 12.5. The van der Waals surface area contributed by atoms with Gasteiger partial charge in [0.1, 0.15) is 0 Å². The van der Waals surface area contributed by atoms with Crippen molar-refractivity contribution >= 4 is 9.28 Å². The maximum Gasteiger partial charge on any atom is 0.324 e. The van der Waals surface area contributed by atoms with E-state index >= 15 is 0 Å². The Bertz CT molecular complexity index is 155. The average molecular weight is 263 g/mol. The molecule has 0 aliphatic rings. The van der Waals surface area contributed by atoms with E-state index in [2.05, 4.69) is 12.2 Å². The smallest absolute Gasteiger partial charge is 0.324 e. The standard InChI is InChI=1S/C12H29NO3Si/c1-4-15-17(16-5-2)12(3)8-10-13-9-6-7-11-14/h12-14,17H,4-11H2,1-3H3. The lowest BCUT2D eigenvalue weighted by Gasteiger charge is -2.21. The summed E-state index contributed by atoms with van der Waals surface area (Å²) in [5.41, 5.74) is 0.542. The van der Waals surface area contributed by atoms with Crippen LogP contribution in [0.15, 0.2) is 0 Å². The molecule has 0 aromatic rings. The lowest BCUT2D eigenvalue weighted by atomic mass is 10.3. The monoisotopic (exact) mass is 263 g/mol. The third-order valence-electron chi connectivity index (χ3n) is 2.66. The van der Waals surface area contributed by atoms with Crippen LogP contribution in [0.5, 0.6) is 0 Å². The fraction of sp³-hybridized carbons (Fsp3) is 1.00. The van der Waals surface area contributed by atoms with Gasteiger partial charge in [-0.15, -0.1) is 0 Å². The molecule has 0 aliphatic carbocycles. The van der Waals surface area contributed by atoms with Crippen molar-refractivity contribution in [2.75, 3.05) is 32.9 Å². The summed E-state index contributed by atoms with van der Waals surface area (Å²) in [4.78, 5) is 0. The second-order valence-corrected chi connectivity index (χ2v) is 6.77.